The number of aryl methyl sites for hydroxylation is 2. The van der Waals surface area contributed by atoms with E-state index in [0.29, 0.717) is 22.9 Å². The maximum Gasteiger partial charge on any atom is 0.181 e. The van der Waals surface area contributed by atoms with Gasteiger partial charge in [0.1, 0.15) is 11.7 Å². The van der Waals surface area contributed by atoms with Crippen molar-refractivity contribution in [2.75, 3.05) is 65.4 Å². The predicted octanol–water partition coefficient (Wildman–Crippen LogP) is 5.82. The molecule has 1 aliphatic rings. The van der Waals surface area contributed by atoms with E-state index in [4.69, 9.17) is 4.74 Å². The maximum atomic E-state index is 15.0. The third kappa shape index (κ3) is 11.3. The molecule has 0 saturated carbocycles. The lowest BCUT2D eigenvalue weighted by Gasteiger charge is -2.36. The summed E-state index contributed by atoms with van der Waals surface area (Å²) >= 11 is 0. The predicted molar refractivity (Wildman–Crippen MR) is 179 cm³/mol. The molecule has 10 nitrogen and oxygen atoms in total. The maximum absolute atomic E-state index is 15.0. The first-order valence-electron chi connectivity index (χ1n) is 14.9. The summed E-state index contributed by atoms with van der Waals surface area (Å²) in [6.07, 6.45) is 5.82. The van der Waals surface area contributed by atoms with Crippen LogP contribution in [-0.4, -0.2) is 103 Å². The first kappa shape index (κ1) is 35.2. The molecule has 1 aliphatic heterocycles. The first-order valence-corrected chi connectivity index (χ1v) is 14.9. The summed E-state index contributed by atoms with van der Waals surface area (Å²) in [4.78, 5) is 18.8. The van der Waals surface area contributed by atoms with Crippen molar-refractivity contribution in [3.05, 3.63) is 65.5 Å². The van der Waals surface area contributed by atoms with E-state index < -0.39 is 5.82 Å². The monoisotopic (exact) mass is 595 g/mol. The quantitative estimate of drug-likeness (QED) is 0.155. The number of aromatic amines is 2. The zero-order chi connectivity index (χ0) is 31.8. The van der Waals surface area contributed by atoms with Gasteiger partial charge in [-0.2, -0.15) is 5.10 Å². The minimum absolute atomic E-state index is 0.0373. The molecule has 43 heavy (non-hydrogen) atoms. The number of aliphatic imine (C=N–C) groups is 2. The number of fused-ring (bicyclic) bond motifs is 1. The number of aromatic nitrogens is 3. The molecular formula is C32H50FN9O. The third-order valence-corrected chi connectivity index (χ3v) is 6.57. The van der Waals surface area contributed by atoms with E-state index in [2.05, 4.69) is 66.0 Å². The number of hydrogen-bond acceptors (Lipinski definition) is 7. The molecule has 11 heteroatoms. The Bertz CT molecular complexity index is 1340. The van der Waals surface area contributed by atoms with Gasteiger partial charge in [-0.3, -0.25) is 10.00 Å². The van der Waals surface area contributed by atoms with Gasteiger partial charge in [-0.25, -0.2) is 14.4 Å². The van der Waals surface area contributed by atoms with Gasteiger partial charge in [0, 0.05) is 73.7 Å². The Kier molecular flexibility index (Phi) is 15.2. The van der Waals surface area contributed by atoms with Gasteiger partial charge < -0.3 is 24.8 Å². The van der Waals surface area contributed by atoms with Crippen molar-refractivity contribution in [3.8, 4) is 5.75 Å². The fraction of sp³-hybridized carbons (Fsp3) is 0.469. The molecule has 0 bridgehead atoms. The number of anilines is 1. The fourth-order valence-corrected chi connectivity index (χ4v) is 4.20. The average molecular weight is 596 g/mol. The van der Waals surface area contributed by atoms with Crippen LogP contribution >= 0.6 is 0 Å². The Morgan fingerprint density at radius 3 is 2.40 bits per heavy atom. The molecule has 0 atom stereocenters. The molecule has 2 aromatic heterocycles. The van der Waals surface area contributed by atoms with E-state index in [-0.39, 0.29) is 12.5 Å². The van der Waals surface area contributed by atoms with Crippen molar-refractivity contribution in [1.29, 1.82) is 0 Å². The smallest absolute Gasteiger partial charge is 0.181 e. The first-order chi connectivity index (χ1) is 20.7. The highest BCUT2D eigenvalue weighted by Crippen LogP contribution is 2.27. The van der Waals surface area contributed by atoms with E-state index in [1.807, 2.05) is 71.9 Å². The molecule has 1 saturated heterocycles. The summed E-state index contributed by atoms with van der Waals surface area (Å²) < 4.78 is 20.7. The van der Waals surface area contributed by atoms with Crippen LogP contribution in [0.5, 0.6) is 5.75 Å². The van der Waals surface area contributed by atoms with Crippen LogP contribution in [0.25, 0.3) is 10.9 Å². The summed E-state index contributed by atoms with van der Waals surface area (Å²) in [6.45, 7) is 21.0. The van der Waals surface area contributed by atoms with Crippen LogP contribution in [0.1, 0.15) is 39.1 Å². The van der Waals surface area contributed by atoms with Gasteiger partial charge in [0.05, 0.1) is 0 Å². The zero-order valence-corrected chi connectivity index (χ0v) is 27.2. The highest BCUT2D eigenvalue weighted by Gasteiger charge is 2.20. The minimum atomic E-state index is -0.396. The molecule has 4 rings (SSSR count). The molecule has 1 fully saturated rings. The molecule has 236 valence electrons. The molecule has 3 N–H and O–H groups in total. The second kappa shape index (κ2) is 18.6. The molecule has 0 unspecified atom stereocenters. The molecule has 3 heterocycles. The minimum Gasteiger partial charge on any atom is -0.468 e. The van der Waals surface area contributed by atoms with E-state index in [1.54, 1.807) is 12.1 Å². The lowest BCUT2D eigenvalue weighted by molar-refractivity contribution is 0.169. The van der Waals surface area contributed by atoms with Crippen LogP contribution in [0.2, 0.25) is 0 Å². The van der Waals surface area contributed by atoms with Gasteiger partial charge in [0.25, 0.3) is 0 Å². The third-order valence-electron chi connectivity index (χ3n) is 6.57. The summed E-state index contributed by atoms with van der Waals surface area (Å²) in [5.74, 6) is 1.61. The zero-order valence-electron chi connectivity index (χ0n) is 27.2. The lowest BCUT2D eigenvalue weighted by Crippen LogP contribution is -2.49. The number of amidine groups is 1. The summed E-state index contributed by atoms with van der Waals surface area (Å²) in [7, 11) is 4.17. The number of rotatable bonds is 10. The average Bonchev–Trinajstić information content (AvgIpc) is 3.61. The fourth-order valence-electron chi connectivity index (χ4n) is 4.20. The molecule has 0 radical (unpaired) electrons. The van der Waals surface area contributed by atoms with Crippen LogP contribution in [0.15, 0.2) is 58.3 Å². The van der Waals surface area contributed by atoms with E-state index in [9.17, 15) is 4.39 Å². The Morgan fingerprint density at radius 2 is 1.81 bits per heavy atom. The second-order valence-electron chi connectivity index (χ2n) is 10.1. The number of halogens is 1. The van der Waals surface area contributed by atoms with E-state index in [0.717, 1.165) is 56.2 Å². The van der Waals surface area contributed by atoms with Gasteiger partial charge in [-0.1, -0.05) is 26.0 Å². The Hall–Kier alpha value is -3.96. The summed E-state index contributed by atoms with van der Waals surface area (Å²) in [5, 5.41) is 10.8. The number of benzene rings is 1. The summed E-state index contributed by atoms with van der Waals surface area (Å²) in [5.41, 5.74) is 2.56. The van der Waals surface area contributed by atoms with Gasteiger partial charge in [0.15, 0.2) is 24.1 Å². The molecular weight excluding hydrogens is 545 g/mol. The van der Waals surface area contributed by atoms with Crippen LogP contribution in [0.3, 0.4) is 0 Å². The molecule has 0 aliphatic carbocycles. The number of piperazine rings is 1. The van der Waals surface area contributed by atoms with Crippen molar-refractivity contribution in [2.24, 2.45) is 9.98 Å². The molecule has 0 spiro atoms. The van der Waals surface area contributed by atoms with Crippen LogP contribution in [0, 0.1) is 19.7 Å². The lowest BCUT2D eigenvalue weighted by atomic mass is 10.2. The van der Waals surface area contributed by atoms with Gasteiger partial charge in [-0.05, 0) is 66.7 Å². The topological polar surface area (TPSA) is 100 Å². The van der Waals surface area contributed by atoms with Crippen LogP contribution < -0.4 is 10.1 Å². The van der Waals surface area contributed by atoms with Gasteiger partial charge in [0.2, 0.25) is 0 Å². The van der Waals surface area contributed by atoms with Crippen molar-refractivity contribution in [3.63, 3.8) is 0 Å². The number of nitrogens with zero attached hydrogens (tertiary/aromatic N) is 6. The summed E-state index contributed by atoms with van der Waals surface area (Å²) in [6, 6.07) is 7.09. The number of nitrogens with one attached hydrogen (secondary N) is 3. The molecule has 1 aromatic carbocycles. The van der Waals surface area contributed by atoms with E-state index >= 15 is 0 Å². The number of hydrogen-bond donors (Lipinski definition) is 3. The van der Waals surface area contributed by atoms with Crippen molar-refractivity contribution < 1.29 is 9.13 Å². The van der Waals surface area contributed by atoms with Crippen molar-refractivity contribution in [2.45, 2.75) is 41.5 Å². The molecule has 0 amide bonds. The normalized spacial score (nSPS) is 14.4. The second-order valence-corrected chi connectivity index (χ2v) is 10.1. The largest absolute Gasteiger partial charge is 0.468 e. The van der Waals surface area contributed by atoms with Gasteiger partial charge >= 0.3 is 0 Å². The highest BCUT2D eigenvalue weighted by atomic mass is 19.1. The Balaban J connectivity index is 0.000000993. The van der Waals surface area contributed by atoms with Crippen LogP contribution in [0.4, 0.5) is 10.2 Å². The standard InChI is InChI=1S/C26H36FN9O.C4H8.C2H6/c1-18-14-20-21(30-18)6-7-22(26(20)27)37-17-29-25(16-23(28-3)31-24-15-19(2)32-33-24)36-12-10-35(11-13-36)9-8-34(4)5;1-3-4-2;1-2/h6-7,14-16,30H,3,8-13,17H2,1-2,4-5H3,(H2,31,32,33);3-4H,1-2H3;1-2H3/b23-16+,29-25+;4-3+;. The van der Waals surface area contributed by atoms with E-state index in [1.165, 1.54) is 0 Å². The molecule has 3 aromatic rings. The van der Waals surface area contributed by atoms with Gasteiger partial charge in [-0.15, -0.1) is 0 Å². The Morgan fingerprint density at radius 1 is 1.12 bits per heavy atom. The highest BCUT2D eigenvalue weighted by molar-refractivity contribution is 5.94. The van der Waals surface area contributed by atoms with Crippen molar-refractivity contribution >= 4 is 29.3 Å². The number of ether oxygens (including phenoxy) is 1. The van der Waals surface area contributed by atoms with Crippen molar-refractivity contribution in [1.82, 2.24) is 29.9 Å². The number of allylic oxidation sites excluding steroid dienone is 2. The number of likely N-dealkylation sites (N-methyl/N-ethyl adjacent to an activating group) is 1. The SMILES string of the molecule is C/C=C/C.C=N/C(=C\C(=N/COc1ccc2[nH]c(C)cc2c1F)N1CCN(CCN(C)C)CC1)Nc1cc(C)[nH]n1.CC. The Labute approximate surface area is 256 Å². The number of H-pyrrole nitrogens is 2. The van der Waals surface area contributed by atoms with Crippen LogP contribution in [-0.2, 0) is 0 Å².